The van der Waals surface area contributed by atoms with Gasteiger partial charge in [-0.3, -0.25) is 4.79 Å². The van der Waals surface area contributed by atoms with Crippen molar-refractivity contribution in [2.24, 2.45) is 0 Å². The molecule has 2 N–H and O–H groups in total. The van der Waals surface area contributed by atoms with E-state index in [0.717, 1.165) is 0 Å². The van der Waals surface area contributed by atoms with Crippen LogP contribution in [-0.4, -0.2) is 18.5 Å². The molecule has 1 saturated carbocycles. The number of amides is 1. The van der Waals surface area contributed by atoms with E-state index in [1.807, 2.05) is 0 Å². The fourth-order valence-electron chi connectivity index (χ4n) is 2.82. The van der Waals surface area contributed by atoms with E-state index < -0.39 is 0 Å². The van der Waals surface area contributed by atoms with Gasteiger partial charge in [-0.05, 0) is 45.2 Å². The normalized spacial score (nSPS) is 17.6. The highest BCUT2D eigenvalue weighted by Gasteiger charge is 2.17. The van der Waals surface area contributed by atoms with Gasteiger partial charge in [0.05, 0.1) is 12.6 Å². The fraction of sp³-hybridized carbons (Fsp3) is 0.667. The molecule has 1 amide bonds. The van der Waals surface area contributed by atoms with Crippen LogP contribution in [0.5, 0.6) is 0 Å². The van der Waals surface area contributed by atoms with E-state index in [0.29, 0.717) is 12.6 Å². The Balaban J connectivity index is 1.79. The second-order valence-corrected chi connectivity index (χ2v) is 6.98. The summed E-state index contributed by atoms with van der Waals surface area (Å²) in [5.74, 6) is 0.0997. The number of rotatable bonds is 5. The van der Waals surface area contributed by atoms with E-state index in [1.165, 1.54) is 41.0 Å². The van der Waals surface area contributed by atoms with Gasteiger partial charge in [0, 0.05) is 15.8 Å². The minimum absolute atomic E-state index is 0.0997. The Kier molecular flexibility index (Phi) is 4.99. The zero-order chi connectivity index (χ0) is 13.8. The average Bonchev–Trinajstić information content (AvgIpc) is 2.96. The summed E-state index contributed by atoms with van der Waals surface area (Å²) in [6.07, 6.45) is 5.02. The van der Waals surface area contributed by atoms with Gasteiger partial charge in [-0.15, -0.1) is 11.3 Å². The molecule has 0 saturated heterocycles. The van der Waals surface area contributed by atoms with Gasteiger partial charge in [-0.2, -0.15) is 0 Å². The molecule has 0 bridgehead atoms. The average molecular weight is 280 g/mol. The lowest BCUT2D eigenvalue weighted by atomic mass is 10.1. The van der Waals surface area contributed by atoms with Crippen LogP contribution in [0.3, 0.4) is 0 Å². The summed E-state index contributed by atoms with van der Waals surface area (Å²) >= 11 is 1.79. The Hall–Kier alpha value is -0.870. The van der Waals surface area contributed by atoms with Crippen molar-refractivity contribution >= 4 is 17.2 Å². The fourth-order valence-corrected chi connectivity index (χ4v) is 3.84. The number of carbonyl (C=O) groups excluding carboxylic acids is 1. The summed E-state index contributed by atoms with van der Waals surface area (Å²) in [5, 5.41) is 6.43. The van der Waals surface area contributed by atoms with Crippen LogP contribution in [0.25, 0.3) is 0 Å². The molecule has 1 aromatic rings. The van der Waals surface area contributed by atoms with E-state index >= 15 is 0 Å². The van der Waals surface area contributed by atoms with Crippen LogP contribution in [-0.2, 0) is 4.79 Å². The molecule has 1 aliphatic carbocycles. The Morgan fingerprint density at radius 3 is 2.68 bits per heavy atom. The first kappa shape index (κ1) is 14.5. The van der Waals surface area contributed by atoms with Gasteiger partial charge in [0.2, 0.25) is 5.91 Å². The third-order valence-corrected chi connectivity index (χ3v) is 4.81. The van der Waals surface area contributed by atoms with Gasteiger partial charge in [0.15, 0.2) is 0 Å². The van der Waals surface area contributed by atoms with Crippen molar-refractivity contribution < 1.29 is 4.79 Å². The Labute approximate surface area is 119 Å². The number of nitrogens with one attached hydrogen (secondary N) is 2. The van der Waals surface area contributed by atoms with Gasteiger partial charge in [0.1, 0.15) is 0 Å². The first-order valence-corrected chi connectivity index (χ1v) is 7.97. The second-order valence-electron chi connectivity index (χ2n) is 5.52. The van der Waals surface area contributed by atoms with Crippen molar-refractivity contribution in [2.45, 2.75) is 58.5 Å². The van der Waals surface area contributed by atoms with Crippen LogP contribution >= 0.6 is 11.3 Å². The largest absolute Gasteiger partial charge is 0.348 e. The molecule has 0 aliphatic heterocycles. The molecule has 2 rings (SSSR count). The van der Waals surface area contributed by atoms with Crippen LogP contribution < -0.4 is 10.6 Å². The predicted octanol–water partition coefficient (Wildman–Crippen LogP) is 3.07. The SMILES string of the molecule is Cc1cc(C(C)NC(=O)CNC2CCCC2)c(C)s1. The summed E-state index contributed by atoms with van der Waals surface area (Å²) in [6.45, 7) is 6.73. The third kappa shape index (κ3) is 4.05. The van der Waals surface area contributed by atoms with Crippen LogP contribution in [0.2, 0.25) is 0 Å². The number of aryl methyl sites for hydroxylation is 2. The molecule has 19 heavy (non-hydrogen) atoms. The quantitative estimate of drug-likeness (QED) is 0.870. The van der Waals surface area contributed by atoms with Crippen molar-refractivity contribution in [1.29, 1.82) is 0 Å². The number of hydrogen-bond acceptors (Lipinski definition) is 3. The lowest BCUT2D eigenvalue weighted by Gasteiger charge is -2.16. The van der Waals surface area contributed by atoms with Gasteiger partial charge in [-0.25, -0.2) is 0 Å². The molecule has 0 aromatic carbocycles. The molecule has 3 nitrogen and oxygen atoms in total. The lowest BCUT2D eigenvalue weighted by Crippen LogP contribution is -2.39. The third-order valence-electron chi connectivity index (χ3n) is 3.83. The Bertz CT molecular complexity index is 435. The summed E-state index contributed by atoms with van der Waals surface area (Å²) in [6, 6.07) is 2.82. The van der Waals surface area contributed by atoms with Crippen LogP contribution in [0.4, 0.5) is 0 Å². The molecular formula is C15H24N2OS. The maximum absolute atomic E-state index is 11.9. The Morgan fingerprint density at radius 1 is 1.42 bits per heavy atom. The monoisotopic (exact) mass is 280 g/mol. The first-order valence-electron chi connectivity index (χ1n) is 7.16. The number of carbonyl (C=O) groups is 1. The molecule has 0 spiro atoms. The molecule has 106 valence electrons. The van der Waals surface area contributed by atoms with E-state index in [4.69, 9.17) is 0 Å². The second kappa shape index (κ2) is 6.53. The minimum atomic E-state index is 0.0997. The van der Waals surface area contributed by atoms with Crippen LogP contribution in [0.15, 0.2) is 6.07 Å². The van der Waals surface area contributed by atoms with Gasteiger partial charge in [0.25, 0.3) is 0 Å². The topological polar surface area (TPSA) is 41.1 Å². The van der Waals surface area contributed by atoms with E-state index in [2.05, 4.69) is 37.5 Å². The number of thiophene rings is 1. The van der Waals surface area contributed by atoms with Gasteiger partial charge >= 0.3 is 0 Å². The predicted molar refractivity (Wildman–Crippen MR) is 80.6 cm³/mol. The van der Waals surface area contributed by atoms with E-state index in [1.54, 1.807) is 11.3 Å². The van der Waals surface area contributed by atoms with Gasteiger partial charge < -0.3 is 10.6 Å². The van der Waals surface area contributed by atoms with E-state index in [-0.39, 0.29) is 11.9 Å². The van der Waals surface area contributed by atoms with Gasteiger partial charge in [-0.1, -0.05) is 12.8 Å². The lowest BCUT2D eigenvalue weighted by molar-refractivity contribution is -0.121. The zero-order valence-electron chi connectivity index (χ0n) is 12.1. The van der Waals surface area contributed by atoms with Crippen LogP contribution in [0, 0.1) is 13.8 Å². The smallest absolute Gasteiger partial charge is 0.234 e. The zero-order valence-corrected chi connectivity index (χ0v) is 12.9. The van der Waals surface area contributed by atoms with Crippen molar-refractivity contribution in [2.75, 3.05) is 6.54 Å². The molecule has 1 unspecified atom stereocenters. The maximum atomic E-state index is 11.9. The van der Waals surface area contributed by atoms with Crippen molar-refractivity contribution in [3.63, 3.8) is 0 Å². The van der Waals surface area contributed by atoms with Crippen molar-refractivity contribution in [3.05, 3.63) is 21.4 Å². The van der Waals surface area contributed by atoms with Crippen molar-refractivity contribution in [1.82, 2.24) is 10.6 Å². The highest BCUT2D eigenvalue weighted by molar-refractivity contribution is 7.12. The molecule has 0 radical (unpaired) electrons. The highest BCUT2D eigenvalue weighted by Crippen LogP contribution is 2.26. The number of hydrogen-bond donors (Lipinski definition) is 2. The first-order chi connectivity index (χ1) is 9.06. The minimum Gasteiger partial charge on any atom is -0.348 e. The van der Waals surface area contributed by atoms with E-state index in [9.17, 15) is 4.79 Å². The standard InChI is InChI=1S/C15H24N2OS/c1-10-8-14(12(3)19-10)11(2)17-15(18)9-16-13-6-4-5-7-13/h8,11,13,16H,4-7,9H2,1-3H3,(H,17,18). The highest BCUT2D eigenvalue weighted by atomic mass is 32.1. The molecule has 4 heteroatoms. The molecule has 1 atom stereocenters. The summed E-state index contributed by atoms with van der Waals surface area (Å²) in [7, 11) is 0. The molecule has 1 aliphatic rings. The Morgan fingerprint density at radius 2 is 2.11 bits per heavy atom. The molecule has 1 heterocycles. The summed E-state index contributed by atoms with van der Waals surface area (Å²) in [5.41, 5.74) is 1.25. The molecule has 1 aromatic heterocycles. The summed E-state index contributed by atoms with van der Waals surface area (Å²) in [4.78, 5) is 14.5. The van der Waals surface area contributed by atoms with Crippen LogP contribution in [0.1, 0.15) is 54.0 Å². The summed E-state index contributed by atoms with van der Waals surface area (Å²) < 4.78 is 0. The molecule has 1 fully saturated rings. The molecular weight excluding hydrogens is 256 g/mol. The van der Waals surface area contributed by atoms with Crippen molar-refractivity contribution in [3.8, 4) is 0 Å². The maximum Gasteiger partial charge on any atom is 0.234 e.